The van der Waals surface area contributed by atoms with Gasteiger partial charge in [-0.05, 0) is 54.3 Å². The normalized spacial score (nSPS) is 12.2. The van der Waals surface area contributed by atoms with Crippen molar-refractivity contribution in [2.45, 2.75) is 19.4 Å². The van der Waals surface area contributed by atoms with E-state index in [9.17, 15) is 0 Å². The highest BCUT2D eigenvalue weighted by molar-refractivity contribution is 6.35. The molecule has 0 spiro atoms. The Labute approximate surface area is 129 Å². The van der Waals surface area contributed by atoms with Gasteiger partial charge in [-0.25, -0.2) is 0 Å². The van der Waals surface area contributed by atoms with Crippen molar-refractivity contribution in [1.29, 1.82) is 0 Å². The number of hydrogen-bond acceptors (Lipinski definition) is 2. The van der Waals surface area contributed by atoms with Gasteiger partial charge in [0.1, 0.15) is 5.75 Å². The Morgan fingerprint density at radius 1 is 1.15 bits per heavy atom. The van der Waals surface area contributed by atoms with Gasteiger partial charge in [0, 0.05) is 16.1 Å². The van der Waals surface area contributed by atoms with Crippen LogP contribution in [0.4, 0.5) is 0 Å². The van der Waals surface area contributed by atoms with Gasteiger partial charge >= 0.3 is 0 Å². The standard InChI is InChI=1S/C16H17Cl2NO/c1-10-7-13(20-2)5-6-14(10)16(19)8-11-3-4-12(17)9-15(11)18/h3-7,9,16H,8,19H2,1-2H3. The zero-order valence-electron chi connectivity index (χ0n) is 11.5. The van der Waals surface area contributed by atoms with Crippen LogP contribution in [0.5, 0.6) is 5.75 Å². The van der Waals surface area contributed by atoms with Crippen LogP contribution < -0.4 is 10.5 Å². The lowest BCUT2D eigenvalue weighted by Crippen LogP contribution is -2.15. The molecule has 1 atom stereocenters. The summed E-state index contributed by atoms with van der Waals surface area (Å²) in [5, 5.41) is 1.28. The maximum Gasteiger partial charge on any atom is 0.119 e. The van der Waals surface area contributed by atoms with Crippen LogP contribution in [-0.4, -0.2) is 7.11 Å². The highest BCUT2D eigenvalue weighted by atomic mass is 35.5. The number of benzene rings is 2. The summed E-state index contributed by atoms with van der Waals surface area (Å²) in [5.74, 6) is 0.836. The molecule has 2 aromatic rings. The van der Waals surface area contributed by atoms with E-state index in [4.69, 9.17) is 33.7 Å². The molecule has 1 unspecified atom stereocenters. The van der Waals surface area contributed by atoms with Gasteiger partial charge in [-0.3, -0.25) is 0 Å². The van der Waals surface area contributed by atoms with Gasteiger partial charge in [-0.15, -0.1) is 0 Å². The molecule has 4 heteroatoms. The van der Waals surface area contributed by atoms with Crippen molar-refractivity contribution in [3.63, 3.8) is 0 Å². The third-order valence-corrected chi connectivity index (χ3v) is 3.92. The van der Waals surface area contributed by atoms with Gasteiger partial charge in [-0.2, -0.15) is 0 Å². The molecule has 0 aliphatic carbocycles. The van der Waals surface area contributed by atoms with Gasteiger partial charge < -0.3 is 10.5 Å². The Morgan fingerprint density at radius 2 is 1.90 bits per heavy atom. The van der Waals surface area contributed by atoms with E-state index in [0.29, 0.717) is 16.5 Å². The predicted molar refractivity (Wildman–Crippen MR) is 84.8 cm³/mol. The minimum atomic E-state index is -0.111. The Bertz CT molecular complexity index is 613. The van der Waals surface area contributed by atoms with Crippen molar-refractivity contribution in [3.05, 3.63) is 63.1 Å². The number of methoxy groups -OCH3 is 1. The highest BCUT2D eigenvalue weighted by Crippen LogP contribution is 2.27. The third kappa shape index (κ3) is 3.45. The van der Waals surface area contributed by atoms with Crippen molar-refractivity contribution >= 4 is 23.2 Å². The Hall–Kier alpha value is -1.22. The molecule has 0 aliphatic rings. The molecule has 2 aromatic carbocycles. The first kappa shape index (κ1) is 15.2. The second kappa shape index (κ2) is 6.49. The molecular weight excluding hydrogens is 293 g/mol. The molecule has 0 saturated heterocycles. The van der Waals surface area contributed by atoms with Crippen LogP contribution in [0.15, 0.2) is 36.4 Å². The van der Waals surface area contributed by atoms with Crippen molar-refractivity contribution in [3.8, 4) is 5.75 Å². The van der Waals surface area contributed by atoms with E-state index in [1.807, 2.05) is 37.3 Å². The lowest BCUT2D eigenvalue weighted by atomic mass is 9.96. The lowest BCUT2D eigenvalue weighted by molar-refractivity contribution is 0.414. The third-order valence-electron chi connectivity index (χ3n) is 3.33. The monoisotopic (exact) mass is 309 g/mol. The van der Waals surface area contributed by atoms with Gasteiger partial charge in [0.15, 0.2) is 0 Å². The molecule has 0 fully saturated rings. The molecule has 0 heterocycles. The highest BCUT2D eigenvalue weighted by Gasteiger charge is 2.12. The molecule has 0 amide bonds. The van der Waals surface area contributed by atoms with E-state index >= 15 is 0 Å². The number of rotatable bonds is 4. The van der Waals surface area contributed by atoms with E-state index in [1.54, 1.807) is 13.2 Å². The quantitative estimate of drug-likeness (QED) is 0.899. The number of halogens is 2. The Balaban J connectivity index is 2.21. The van der Waals surface area contributed by atoms with Crippen LogP contribution in [-0.2, 0) is 6.42 Å². The fourth-order valence-corrected chi connectivity index (χ4v) is 2.71. The van der Waals surface area contributed by atoms with Crippen LogP contribution in [0, 0.1) is 6.92 Å². The molecular formula is C16H17Cl2NO. The second-order valence-corrected chi connectivity index (χ2v) is 5.61. The number of nitrogens with two attached hydrogens (primary N) is 1. The van der Waals surface area contributed by atoms with Crippen LogP contribution in [0.1, 0.15) is 22.7 Å². The maximum atomic E-state index is 6.29. The SMILES string of the molecule is COc1ccc(C(N)Cc2ccc(Cl)cc2Cl)c(C)c1. The van der Waals surface area contributed by atoms with Crippen molar-refractivity contribution in [2.75, 3.05) is 7.11 Å². The van der Waals surface area contributed by atoms with Gasteiger partial charge in [0.2, 0.25) is 0 Å². The van der Waals surface area contributed by atoms with E-state index in [0.717, 1.165) is 22.4 Å². The first-order valence-corrected chi connectivity index (χ1v) is 7.11. The fraction of sp³-hybridized carbons (Fsp3) is 0.250. The lowest BCUT2D eigenvalue weighted by Gasteiger charge is -2.16. The molecule has 2 N–H and O–H groups in total. The summed E-state index contributed by atoms with van der Waals surface area (Å²) in [4.78, 5) is 0. The summed E-state index contributed by atoms with van der Waals surface area (Å²) in [7, 11) is 1.65. The zero-order chi connectivity index (χ0) is 14.7. The second-order valence-electron chi connectivity index (χ2n) is 4.77. The van der Waals surface area contributed by atoms with Gasteiger partial charge in [-0.1, -0.05) is 35.3 Å². The molecule has 106 valence electrons. The summed E-state index contributed by atoms with van der Waals surface area (Å²) in [6.07, 6.45) is 0.670. The minimum absolute atomic E-state index is 0.111. The largest absolute Gasteiger partial charge is 0.497 e. The number of aryl methyl sites for hydroxylation is 1. The molecule has 0 aromatic heterocycles. The number of ether oxygens (including phenoxy) is 1. The summed E-state index contributed by atoms with van der Waals surface area (Å²) in [6.45, 7) is 2.03. The van der Waals surface area contributed by atoms with E-state index in [-0.39, 0.29) is 6.04 Å². The smallest absolute Gasteiger partial charge is 0.119 e. The van der Waals surface area contributed by atoms with E-state index in [2.05, 4.69) is 0 Å². The van der Waals surface area contributed by atoms with E-state index in [1.165, 1.54) is 0 Å². The van der Waals surface area contributed by atoms with Crippen LogP contribution in [0.3, 0.4) is 0 Å². The molecule has 2 rings (SSSR count). The van der Waals surface area contributed by atoms with Crippen molar-refractivity contribution < 1.29 is 4.74 Å². The minimum Gasteiger partial charge on any atom is -0.497 e. The summed E-state index contributed by atoms with van der Waals surface area (Å²) < 4.78 is 5.20. The summed E-state index contributed by atoms with van der Waals surface area (Å²) >= 11 is 12.1. The topological polar surface area (TPSA) is 35.2 Å². The fourth-order valence-electron chi connectivity index (χ4n) is 2.23. The zero-order valence-corrected chi connectivity index (χ0v) is 13.0. The molecule has 0 radical (unpaired) electrons. The molecule has 0 saturated carbocycles. The Kier molecular flexibility index (Phi) is 4.92. The van der Waals surface area contributed by atoms with Crippen molar-refractivity contribution in [1.82, 2.24) is 0 Å². The molecule has 20 heavy (non-hydrogen) atoms. The van der Waals surface area contributed by atoms with Crippen molar-refractivity contribution in [2.24, 2.45) is 5.73 Å². The van der Waals surface area contributed by atoms with Crippen LogP contribution >= 0.6 is 23.2 Å². The first-order chi connectivity index (χ1) is 9.51. The molecule has 0 aliphatic heterocycles. The number of hydrogen-bond donors (Lipinski definition) is 1. The van der Waals surface area contributed by atoms with Crippen LogP contribution in [0.25, 0.3) is 0 Å². The average molecular weight is 310 g/mol. The van der Waals surface area contributed by atoms with E-state index < -0.39 is 0 Å². The van der Waals surface area contributed by atoms with Gasteiger partial charge in [0.05, 0.1) is 7.11 Å². The molecule has 2 nitrogen and oxygen atoms in total. The first-order valence-electron chi connectivity index (χ1n) is 6.35. The predicted octanol–water partition coefficient (Wildman–Crippen LogP) is 4.55. The Morgan fingerprint density at radius 3 is 2.50 bits per heavy atom. The summed E-state index contributed by atoms with van der Waals surface area (Å²) in [6, 6.07) is 11.3. The van der Waals surface area contributed by atoms with Crippen LogP contribution in [0.2, 0.25) is 10.0 Å². The summed E-state index contributed by atoms with van der Waals surface area (Å²) in [5.41, 5.74) is 9.50. The average Bonchev–Trinajstić information content (AvgIpc) is 2.41. The van der Waals surface area contributed by atoms with Gasteiger partial charge in [0.25, 0.3) is 0 Å². The molecule has 0 bridgehead atoms. The maximum absolute atomic E-state index is 6.29.